The van der Waals surface area contributed by atoms with Gasteiger partial charge in [0, 0.05) is 12.4 Å². The van der Waals surface area contributed by atoms with Crippen LogP contribution in [0.4, 0.5) is 0 Å². The number of rotatable bonds is 6. The van der Waals surface area contributed by atoms with Gasteiger partial charge in [0.1, 0.15) is 0 Å². The lowest BCUT2D eigenvalue weighted by atomic mass is 9.82. The summed E-state index contributed by atoms with van der Waals surface area (Å²) in [6, 6.07) is 4.24. The lowest BCUT2D eigenvalue weighted by Gasteiger charge is -2.24. The highest BCUT2D eigenvalue weighted by Gasteiger charge is 2.16. The molecule has 1 rings (SSSR count). The van der Waals surface area contributed by atoms with Gasteiger partial charge in [-0.3, -0.25) is 4.98 Å². The first-order valence-corrected chi connectivity index (χ1v) is 6.03. The molecule has 0 saturated carbocycles. The minimum atomic E-state index is 0.485. The Hall–Kier alpha value is -0.850. The molecule has 0 spiro atoms. The molecule has 0 atom stereocenters. The molecular formula is C14H23N. The van der Waals surface area contributed by atoms with Crippen molar-refractivity contribution in [2.45, 2.75) is 52.9 Å². The lowest BCUT2D eigenvalue weighted by molar-refractivity contribution is 0.298. The van der Waals surface area contributed by atoms with Crippen molar-refractivity contribution >= 4 is 0 Å². The van der Waals surface area contributed by atoms with Gasteiger partial charge in [-0.25, -0.2) is 0 Å². The van der Waals surface area contributed by atoms with E-state index in [1.165, 1.54) is 37.7 Å². The van der Waals surface area contributed by atoms with Crippen LogP contribution < -0.4 is 0 Å². The molecule has 0 aromatic carbocycles. The van der Waals surface area contributed by atoms with Crippen molar-refractivity contribution in [3.63, 3.8) is 0 Å². The first-order chi connectivity index (χ1) is 7.14. The van der Waals surface area contributed by atoms with Crippen LogP contribution in [-0.4, -0.2) is 4.98 Å². The van der Waals surface area contributed by atoms with Gasteiger partial charge >= 0.3 is 0 Å². The van der Waals surface area contributed by atoms with E-state index in [1.54, 1.807) is 0 Å². The number of nitrogens with zero attached hydrogens (tertiary/aromatic N) is 1. The summed E-state index contributed by atoms with van der Waals surface area (Å²) in [6.45, 7) is 7.02. The highest BCUT2D eigenvalue weighted by Crippen LogP contribution is 2.28. The predicted molar refractivity (Wildman–Crippen MR) is 65.9 cm³/mol. The van der Waals surface area contributed by atoms with Crippen molar-refractivity contribution in [3.8, 4) is 0 Å². The van der Waals surface area contributed by atoms with Crippen molar-refractivity contribution in [2.24, 2.45) is 5.41 Å². The second-order valence-electron chi connectivity index (χ2n) is 5.12. The van der Waals surface area contributed by atoms with Crippen molar-refractivity contribution in [1.29, 1.82) is 0 Å². The average molecular weight is 205 g/mol. The molecule has 1 heterocycles. The number of aromatic nitrogens is 1. The summed E-state index contributed by atoms with van der Waals surface area (Å²) in [7, 11) is 0. The zero-order valence-electron chi connectivity index (χ0n) is 10.3. The van der Waals surface area contributed by atoms with Gasteiger partial charge in [0.25, 0.3) is 0 Å². The van der Waals surface area contributed by atoms with Crippen LogP contribution in [0.15, 0.2) is 24.5 Å². The zero-order chi connectivity index (χ0) is 11.1. The van der Waals surface area contributed by atoms with E-state index < -0.39 is 0 Å². The molecule has 0 amide bonds. The minimum Gasteiger partial charge on any atom is -0.265 e. The summed E-state index contributed by atoms with van der Waals surface area (Å²) in [5, 5.41) is 0. The second kappa shape index (κ2) is 5.89. The number of unbranched alkanes of at least 4 members (excludes halogenated alkanes) is 1. The largest absolute Gasteiger partial charge is 0.265 e. The number of aryl methyl sites for hydroxylation is 1. The third kappa shape index (κ3) is 4.96. The SMILES string of the molecule is CCCCC(C)(C)CCc1ccncc1. The van der Waals surface area contributed by atoms with Gasteiger partial charge in [-0.1, -0.05) is 33.6 Å². The molecule has 0 aliphatic rings. The Bertz CT molecular complexity index is 264. The summed E-state index contributed by atoms with van der Waals surface area (Å²) in [4.78, 5) is 4.04. The van der Waals surface area contributed by atoms with Crippen LogP contribution in [0.2, 0.25) is 0 Å². The molecule has 0 saturated heterocycles. The quantitative estimate of drug-likeness (QED) is 0.677. The van der Waals surface area contributed by atoms with E-state index in [0.717, 1.165) is 0 Å². The van der Waals surface area contributed by atoms with Crippen LogP contribution in [0.3, 0.4) is 0 Å². The van der Waals surface area contributed by atoms with Gasteiger partial charge in [0.2, 0.25) is 0 Å². The van der Waals surface area contributed by atoms with Gasteiger partial charge in [0.05, 0.1) is 0 Å². The summed E-state index contributed by atoms with van der Waals surface area (Å²) in [5.74, 6) is 0. The Kier molecular flexibility index (Phi) is 4.80. The fourth-order valence-corrected chi connectivity index (χ4v) is 1.81. The fourth-order valence-electron chi connectivity index (χ4n) is 1.81. The maximum absolute atomic E-state index is 4.04. The van der Waals surface area contributed by atoms with E-state index in [2.05, 4.69) is 37.9 Å². The van der Waals surface area contributed by atoms with Gasteiger partial charge in [-0.15, -0.1) is 0 Å². The van der Waals surface area contributed by atoms with Gasteiger partial charge in [0.15, 0.2) is 0 Å². The Morgan fingerprint density at radius 2 is 1.80 bits per heavy atom. The normalized spacial score (nSPS) is 11.7. The van der Waals surface area contributed by atoms with Crippen molar-refractivity contribution in [3.05, 3.63) is 30.1 Å². The van der Waals surface area contributed by atoms with E-state index in [4.69, 9.17) is 0 Å². The maximum atomic E-state index is 4.04. The Labute approximate surface area is 93.9 Å². The predicted octanol–water partition coefficient (Wildman–Crippen LogP) is 4.23. The molecule has 15 heavy (non-hydrogen) atoms. The zero-order valence-corrected chi connectivity index (χ0v) is 10.3. The first kappa shape index (κ1) is 12.2. The molecule has 1 aromatic rings. The molecule has 0 unspecified atom stereocenters. The van der Waals surface area contributed by atoms with Crippen LogP contribution in [0.5, 0.6) is 0 Å². The van der Waals surface area contributed by atoms with Crippen LogP contribution >= 0.6 is 0 Å². The smallest absolute Gasteiger partial charge is 0.0270 e. The molecule has 0 fully saturated rings. The fraction of sp³-hybridized carbons (Fsp3) is 0.643. The topological polar surface area (TPSA) is 12.9 Å². The van der Waals surface area contributed by atoms with Gasteiger partial charge in [-0.2, -0.15) is 0 Å². The molecule has 0 aliphatic heterocycles. The Balaban J connectivity index is 2.35. The highest BCUT2D eigenvalue weighted by atomic mass is 14.6. The monoisotopic (exact) mass is 205 g/mol. The van der Waals surface area contributed by atoms with E-state index in [1.807, 2.05) is 12.4 Å². The van der Waals surface area contributed by atoms with Crippen LogP contribution in [-0.2, 0) is 6.42 Å². The van der Waals surface area contributed by atoms with Crippen molar-refractivity contribution in [1.82, 2.24) is 4.98 Å². The summed E-state index contributed by atoms with van der Waals surface area (Å²) >= 11 is 0. The van der Waals surface area contributed by atoms with Crippen molar-refractivity contribution in [2.75, 3.05) is 0 Å². The van der Waals surface area contributed by atoms with Gasteiger partial charge < -0.3 is 0 Å². The molecule has 0 radical (unpaired) electrons. The second-order valence-corrected chi connectivity index (χ2v) is 5.12. The lowest BCUT2D eigenvalue weighted by Crippen LogP contribution is -2.12. The summed E-state index contributed by atoms with van der Waals surface area (Å²) in [6.07, 6.45) is 10.2. The Morgan fingerprint density at radius 3 is 2.40 bits per heavy atom. The molecule has 1 heteroatoms. The first-order valence-electron chi connectivity index (χ1n) is 6.03. The van der Waals surface area contributed by atoms with Crippen LogP contribution in [0.25, 0.3) is 0 Å². The molecular weight excluding hydrogens is 182 g/mol. The number of hydrogen-bond donors (Lipinski definition) is 0. The van der Waals surface area contributed by atoms with E-state index >= 15 is 0 Å². The van der Waals surface area contributed by atoms with Crippen molar-refractivity contribution < 1.29 is 0 Å². The molecule has 0 bridgehead atoms. The van der Waals surface area contributed by atoms with E-state index in [9.17, 15) is 0 Å². The van der Waals surface area contributed by atoms with Crippen LogP contribution in [0, 0.1) is 5.41 Å². The molecule has 1 aromatic heterocycles. The summed E-state index contributed by atoms with van der Waals surface area (Å²) in [5.41, 5.74) is 1.90. The average Bonchev–Trinajstić information content (AvgIpc) is 2.25. The standard InChI is InChI=1S/C14H23N/c1-4-5-9-14(2,3)10-6-13-7-11-15-12-8-13/h7-8,11-12H,4-6,9-10H2,1-3H3. The molecule has 0 aliphatic carbocycles. The third-order valence-corrected chi connectivity index (χ3v) is 3.05. The maximum Gasteiger partial charge on any atom is 0.0270 e. The van der Waals surface area contributed by atoms with Gasteiger partial charge in [-0.05, 0) is 42.4 Å². The highest BCUT2D eigenvalue weighted by molar-refractivity contribution is 5.09. The van der Waals surface area contributed by atoms with Crippen LogP contribution in [0.1, 0.15) is 52.0 Å². The molecule has 1 nitrogen and oxygen atoms in total. The number of hydrogen-bond acceptors (Lipinski definition) is 1. The molecule has 84 valence electrons. The van der Waals surface area contributed by atoms with E-state index in [-0.39, 0.29) is 0 Å². The third-order valence-electron chi connectivity index (χ3n) is 3.05. The van der Waals surface area contributed by atoms with E-state index in [0.29, 0.717) is 5.41 Å². The Morgan fingerprint density at radius 1 is 1.13 bits per heavy atom. The summed E-state index contributed by atoms with van der Waals surface area (Å²) < 4.78 is 0. The molecule has 0 N–H and O–H groups in total. The number of pyridine rings is 1. The minimum absolute atomic E-state index is 0.485.